The number of hydrogen-bond acceptors (Lipinski definition) is 9. The largest absolute Gasteiger partial charge is 0.488 e. The predicted molar refractivity (Wildman–Crippen MR) is 162 cm³/mol. The number of hydrogen-bond donors (Lipinski definition) is 1. The lowest BCUT2D eigenvalue weighted by atomic mass is 9.98. The Morgan fingerprint density at radius 1 is 0.674 bits per heavy atom. The third kappa shape index (κ3) is 9.03. The minimum Gasteiger partial charge on any atom is -0.488 e. The van der Waals surface area contributed by atoms with Gasteiger partial charge < -0.3 is 33.5 Å². The predicted octanol–water partition coefficient (Wildman–Crippen LogP) is 5.05. The molecule has 3 aromatic rings. The molecule has 0 saturated carbocycles. The van der Waals surface area contributed by atoms with Crippen molar-refractivity contribution < 1.29 is 47.9 Å². The zero-order valence-electron chi connectivity index (χ0n) is 23.7. The van der Waals surface area contributed by atoms with E-state index in [1.807, 2.05) is 12.1 Å². The summed E-state index contributed by atoms with van der Waals surface area (Å²) in [6, 6.07) is 11.8. The first-order valence-corrected chi connectivity index (χ1v) is 13.3. The number of carboxylic acids is 1. The molecule has 0 heterocycles. The highest BCUT2D eigenvalue weighted by atomic mass is 16.6. The maximum Gasteiger partial charge on any atom is 0.335 e. The Hall–Kier alpha value is -4.93. The van der Waals surface area contributed by atoms with Crippen LogP contribution in [0.15, 0.2) is 93.1 Å². The highest BCUT2D eigenvalue weighted by Gasteiger charge is 2.22. The molecule has 10 heteroatoms. The molecule has 0 fully saturated rings. The summed E-state index contributed by atoms with van der Waals surface area (Å²) >= 11 is 0. The van der Waals surface area contributed by atoms with Crippen molar-refractivity contribution >= 4 is 39.5 Å². The number of aromatic carboxylic acids is 1. The smallest absolute Gasteiger partial charge is 0.335 e. The maximum absolute atomic E-state index is 11.9. The summed E-state index contributed by atoms with van der Waals surface area (Å²) in [6.07, 6.45) is 3.65. The summed E-state index contributed by atoms with van der Waals surface area (Å²) in [7, 11) is 0. The molecule has 0 amide bonds. The number of benzene rings is 3. The summed E-state index contributed by atoms with van der Waals surface area (Å²) in [5.41, 5.74) is 0.0261. The van der Waals surface area contributed by atoms with Crippen LogP contribution >= 0.6 is 0 Å². The summed E-state index contributed by atoms with van der Waals surface area (Å²) in [5.74, 6) is -1.64. The first-order valence-electron chi connectivity index (χ1n) is 13.3. The molecule has 1 N–H and O–H groups in total. The average Bonchev–Trinajstić information content (AvgIpc) is 3.01. The van der Waals surface area contributed by atoms with E-state index in [-0.39, 0.29) is 45.2 Å². The molecular weight excluding hydrogens is 556 g/mol. The molecule has 2 atom stereocenters. The summed E-state index contributed by atoms with van der Waals surface area (Å²) in [4.78, 5) is 35.8. The van der Waals surface area contributed by atoms with E-state index in [0.717, 1.165) is 12.2 Å². The highest BCUT2D eigenvalue weighted by Crippen LogP contribution is 2.43. The second-order valence-electron chi connectivity index (χ2n) is 9.07. The molecular formula is C33H34O10. The molecule has 0 bridgehead atoms. The Balaban J connectivity index is 2.07. The van der Waals surface area contributed by atoms with E-state index >= 15 is 0 Å². The van der Waals surface area contributed by atoms with Crippen molar-refractivity contribution in [1.82, 2.24) is 0 Å². The van der Waals surface area contributed by atoms with E-state index in [0.29, 0.717) is 33.0 Å². The Labute approximate surface area is 249 Å². The number of carboxylic acid groups (broad SMARTS) is 1. The van der Waals surface area contributed by atoms with Crippen molar-refractivity contribution in [3.63, 3.8) is 0 Å². The number of ether oxygens (including phenoxy) is 6. The van der Waals surface area contributed by atoms with Crippen LogP contribution in [0.2, 0.25) is 0 Å². The SMILES string of the molecule is C=CCOCC(COc1c2ccccc2c(OCC(COCC=C)OC(=O)C=C)c2cc(C(=O)O)ccc12)OC(=O)C=C. The Morgan fingerprint density at radius 2 is 1.14 bits per heavy atom. The van der Waals surface area contributed by atoms with Gasteiger partial charge in [-0.25, -0.2) is 14.4 Å². The normalized spacial score (nSPS) is 12.1. The maximum atomic E-state index is 11.9. The van der Waals surface area contributed by atoms with Crippen molar-refractivity contribution in [3.05, 3.63) is 98.6 Å². The first-order chi connectivity index (χ1) is 20.8. The molecule has 0 aromatic heterocycles. The van der Waals surface area contributed by atoms with Gasteiger partial charge in [-0.15, -0.1) is 13.2 Å². The molecule has 2 unspecified atom stereocenters. The fraction of sp³-hybridized carbons (Fsp3) is 0.242. The van der Waals surface area contributed by atoms with E-state index in [1.54, 1.807) is 30.4 Å². The average molecular weight is 591 g/mol. The zero-order valence-corrected chi connectivity index (χ0v) is 23.7. The lowest BCUT2D eigenvalue weighted by Crippen LogP contribution is -2.30. The van der Waals surface area contributed by atoms with Gasteiger partial charge in [0.1, 0.15) is 24.7 Å². The zero-order chi connectivity index (χ0) is 31.2. The Kier molecular flexibility index (Phi) is 12.5. The minimum atomic E-state index is -1.13. The lowest BCUT2D eigenvalue weighted by Gasteiger charge is -2.22. The topological polar surface area (TPSA) is 127 Å². The third-order valence-corrected chi connectivity index (χ3v) is 5.98. The van der Waals surface area contributed by atoms with Crippen LogP contribution in [0.25, 0.3) is 21.5 Å². The van der Waals surface area contributed by atoms with E-state index < -0.39 is 30.1 Å². The highest BCUT2D eigenvalue weighted by molar-refractivity contribution is 6.12. The van der Waals surface area contributed by atoms with Gasteiger partial charge >= 0.3 is 17.9 Å². The molecule has 0 aliphatic heterocycles. The van der Waals surface area contributed by atoms with Gasteiger partial charge in [0.25, 0.3) is 0 Å². The van der Waals surface area contributed by atoms with Gasteiger partial charge in [0.15, 0.2) is 12.2 Å². The summed E-state index contributed by atoms with van der Waals surface area (Å²) in [6.45, 7) is 14.5. The molecule has 3 aromatic carbocycles. The van der Waals surface area contributed by atoms with Crippen molar-refractivity contribution in [2.75, 3.05) is 39.6 Å². The van der Waals surface area contributed by atoms with Crippen molar-refractivity contribution in [2.45, 2.75) is 12.2 Å². The number of rotatable bonds is 19. The minimum absolute atomic E-state index is 0.0261. The van der Waals surface area contributed by atoms with Crippen LogP contribution < -0.4 is 9.47 Å². The van der Waals surface area contributed by atoms with Gasteiger partial charge in [0.2, 0.25) is 0 Å². The van der Waals surface area contributed by atoms with Gasteiger partial charge in [-0.1, -0.05) is 49.6 Å². The quantitative estimate of drug-likeness (QED) is 0.0666. The number of carbonyl (C=O) groups is 3. The second-order valence-corrected chi connectivity index (χ2v) is 9.07. The molecule has 0 radical (unpaired) electrons. The van der Waals surface area contributed by atoms with Gasteiger partial charge in [-0.2, -0.15) is 0 Å². The molecule has 0 spiro atoms. The Morgan fingerprint density at radius 3 is 1.58 bits per heavy atom. The van der Waals surface area contributed by atoms with Crippen molar-refractivity contribution in [2.24, 2.45) is 0 Å². The van der Waals surface area contributed by atoms with E-state index in [9.17, 15) is 19.5 Å². The molecule has 0 aliphatic rings. The lowest BCUT2D eigenvalue weighted by molar-refractivity contribution is -0.148. The number of fused-ring (bicyclic) bond motifs is 2. The van der Waals surface area contributed by atoms with Gasteiger partial charge in [-0.05, 0) is 18.2 Å². The second kappa shape index (κ2) is 16.5. The monoisotopic (exact) mass is 590 g/mol. The number of carbonyl (C=O) groups excluding carboxylic acids is 2. The van der Waals surface area contributed by atoms with Gasteiger partial charge in [-0.3, -0.25) is 0 Å². The van der Waals surface area contributed by atoms with E-state index in [1.165, 1.54) is 12.1 Å². The van der Waals surface area contributed by atoms with Crippen LogP contribution in [-0.4, -0.2) is 74.9 Å². The molecule has 0 saturated heterocycles. The van der Waals surface area contributed by atoms with Crippen LogP contribution in [0.3, 0.4) is 0 Å². The van der Waals surface area contributed by atoms with Crippen LogP contribution in [0.1, 0.15) is 10.4 Å². The fourth-order valence-electron chi connectivity index (χ4n) is 4.12. The van der Waals surface area contributed by atoms with E-state index in [4.69, 9.17) is 28.4 Å². The van der Waals surface area contributed by atoms with Crippen LogP contribution in [0.5, 0.6) is 11.5 Å². The third-order valence-electron chi connectivity index (χ3n) is 5.98. The molecule has 226 valence electrons. The fourth-order valence-corrected chi connectivity index (χ4v) is 4.12. The van der Waals surface area contributed by atoms with Crippen molar-refractivity contribution in [3.8, 4) is 11.5 Å². The molecule has 3 rings (SSSR count). The van der Waals surface area contributed by atoms with Crippen molar-refractivity contribution in [1.29, 1.82) is 0 Å². The van der Waals surface area contributed by atoms with Crippen LogP contribution in [0, 0.1) is 0 Å². The standard InChI is InChI=1S/C33H34O10/c1-5-15-38-18-23(42-29(34)7-3)20-40-31-25-11-9-10-12-26(25)32(28-17-22(33(36)37)13-14-27(28)31)41-21-24(19-39-16-6-2)43-30(35)8-4/h5-14,17,23-24H,1-4,15-16,18-21H2,(H,36,37). The molecule has 10 nitrogen and oxygen atoms in total. The first kappa shape index (κ1) is 32.6. The van der Waals surface area contributed by atoms with E-state index in [2.05, 4.69) is 26.3 Å². The number of esters is 2. The van der Waals surface area contributed by atoms with Crippen LogP contribution in [0.4, 0.5) is 0 Å². The van der Waals surface area contributed by atoms with Gasteiger partial charge in [0, 0.05) is 33.7 Å². The van der Waals surface area contributed by atoms with Gasteiger partial charge in [0.05, 0.1) is 32.0 Å². The summed E-state index contributed by atoms with van der Waals surface area (Å²) < 4.78 is 34.3. The molecule has 0 aliphatic carbocycles. The molecule has 43 heavy (non-hydrogen) atoms. The Bertz CT molecular complexity index is 1490. The van der Waals surface area contributed by atoms with Crippen LogP contribution in [-0.2, 0) is 28.5 Å². The summed E-state index contributed by atoms with van der Waals surface area (Å²) in [5, 5.41) is 12.0.